The van der Waals surface area contributed by atoms with Crippen molar-refractivity contribution in [3.05, 3.63) is 191 Å². The average Bonchev–Trinajstić information content (AvgIpc) is 3.40. The SMILES string of the molecule is Cc1ccc(N(c2ccc(C)cc2)c2ccc3cc4c(cc3c2)C(C)(C)c2c-4c(F)cc3cc(N(c4ccc(C)cc4)c4ccc(C)cc4)ccc23)cc1. The molecule has 8 aromatic rings. The van der Waals surface area contributed by atoms with Crippen LogP contribution in [0, 0.1) is 33.5 Å². The lowest BCUT2D eigenvalue weighted by atomic mass is 9.79. The third-order valence-electron chi connectivity index (χ3n) is 11.3. The molecule has 1 aliphatic carbocycles. The van der Waals surface area contributed by atoms with Crippen LogP contribution in [-0.4, -0.2) is 0 Å². The van der Waals surface area contributed by atoms with Gasteiger partial charge in [-0.2, -0.15) is 0 Å². The van der Waals surface area contributed by atoms with Gasteiger partial charge in [-0.25, -0.2) is 4.39 Å². The lowest BCUT2D eigenvalue weighted by Crippen LogP contribution is -2.16. The number of anilines is 6. The van der Waals surface area contributed by atoms with E-state index in [9.17, 15) is 0 Å². The Morgan fingerprint density at radius 3 is 1.28 bits per heavy atom. The average molecular weight is 703 g/mol. The summed E-state index contributed by atoms with van der Waals surface area (Å²) >= 11 is 0. The van der Waals surface area contributed by atoms with Crippen molar-refractivity contribution in [2.75, 3.05) is 9.80 Å². The Labute approximate surface area is 317 Å². The number of hydrogen-bond donors (Lipinski definition) is 0. The van der Waals surface area contributed by atoms with E-state index in [1.54, 1.807) is 6.07 Å². The minimum atomic E-state index is -0.419. The molecule has 0 aliphatic heterocycles. The van der Waals surface area contributed by atoms with Gasteiger partial charge in [0.1, 0.15) is 5.82 Å². The van der Waals surface area contributed by atoms with Crippen molar-refractivity contribution in [1.82, 2.24) is 0 Å². The Morgan fingerprint density at radius 2 is 0.815 bits per heavy atom. The summed E-state index contributed by atoms with van der Waals surface area (Å²) in [6.07, 6.45) is 0. The van der Waals surface area contributed by atoms with Crippen molar-refractivity contribution in [3.63, 3.8) is 0 Å². The minimum absolute atomic E-state index is 0.181. The number of hydrogen-bond acceptors (Lipinski definition) is 2. The molecular weight excluding hydrogens is 660 g/mol. The summed E-state index contributed by atoms with van der Waals surface area (Å²) < 4.78 is 16.7. The van der Waals surface area contributed by atoms with Crippen LogP contribution in [0.15, 0.2) is 152 Å². The zero-order valence-electron chi connectivity index (χ0n) is 31.7. The molecule has 264 valence electrons. The molecule has 2 nitrogen and oxygen atoms in total. The topological polar surface area (TPSA) is 6.48 Å². The first kappa shape index (κ1) is 33.6. The first-order chi connectivity index (χ1) is 26.0. The van der Waals surface area contributed by atoms with Gasteiger partial charge in [-0.1, -0.05) is 96.8 Å². The van der Waals surface area contributed by atoms with Gasteiger partial charge in [0.15, 0.2) is 0 Å². The van der Waals surface area contributed by atoms with Gasteiger partial charge in [0.25, 0.3) is 0 Å². The fourth-order valence-electron chi connectivity index (χ4n) is 8.36. The van der Waals surface area contributed by atoms with Gasteiger partial charge < -0.3 is 9.80 Å². The molecular formula is C51H43FN2. The predicted molar refractivity (Wildman–Crippen MR) is 227 cm³/mol. The number of rotatable bonds is 6. The molecule has 8 aromatic carbocycles. The van der Waals surface area contributed by atoms with Crippen molar-refractivity contribution in [2.45, 2.75) is 47.0 Å². The van der Waals surface area contributed by atoms with E-state index in [-0.39, 0.29) is 5.82 Å². The molecule has 0 bridgehead atoms. The zero-order chi connectivity index (χ0) is 37.3. The smallest absolute Gasteiger partial charge is 0.131 e. The molecule has 9 rings (SSSR count). The third kappa shape index (κ3) is 5.63. The van der Waals surface area contributed by atoms with E-state index in [1.807, 2.05) is 0 Å². The maximum Gasteiger partial charge on any atom is 0.131 e. The standard InChI is InChI=1S/C51H43FN2/c1-32-7-16-39(17-8-32)53(40-18-9-33(2)10-19-40)43-24-15-36-29-46-47(30-37(36)27-43)51(5,6)50-45-26-25-44(28-38(45)31-48(52)49(46)50)54(41-20-11-34(3)12-21-41)42-22-13-35(4)14-23-42/h7-31H,1-6H3. The van der Waals surface area contributed by atoms with Crippen LogP contribution in [0.25, 0.3) is 32.7 Å². The third-order valence-corrected chi connectivity index (χ3v) is 11.3. The van der Waals surface area contributed by atoms with Crippen LogP contribution < -0.4 is 9.80 Å². The van der Waals surface area contributed by atoms with Gasteiger partial charge in [0.05, 0.1) is 0 Å². The van der Waals surface area contributed by atoms with Crippen LogP contribution >= 0.6 is 0 Å². The highest BCUT2D eigenvalue weighted by molar-refractivity contribution is 6.03. The maximum atomic E-state index is 16.7. The lowest BCUT2D eigenvalue weighted by Gasteiger charge is -2.27. The first-order valence-corrected chi connectivity index (χ1v) is 18.8. The van der Waals surface area contributed by atoms with Gasteiger partial charge in [-0.15, -0.1) is 0 Å². The van der Waals surface area contributed by atoms with E-state index in [1.165, 1.54) is 22.3 Å². The van der Waals surface area contributed by atoms with Crippen molar-refractivity contribution in [2.24, 2.45) is 0 Å². The second kappa shape index (κ2) is 12.7. The van der Waals surface area contributed by atoms with Gasteiger partial charge >= 0.3 is 0 Å². The van der Waals surface area contributed by atoms with E-state index in [0.717, 1.165) is 77.9 Å². The highest BCUT2D eigenvalue weighted by Crippen LogP contribution is 2.54. The van der Waals surface area contributed by atoms with Crippen LogP contribution in [0.2, 0.25) is 0 Å². The van der Waals surface area contributed by atoms with Gasteiger partial charge in [0.2, 0.25) is 0 Å². The van der Waals surface area contributed by atoms with Crippen molar-refractivity contribution in [3.8, 4) is 11.1 Å². The summed E-state index contributed by atoms with van der Waals surface area (Å²) in [6.45, 7) is 12.9. The van der Waals surface area contributed by atoms with Crippen LogP contribution in [0.4, 0.5) is 38.5 Å². The molecule has 0 saturated carbocycles. The van der Waals surface area contributed by atoms with Crippen LogP contribution in [0.1, 0.15) is 47.2 Å². The summed E-state index contributed by atoms with van der Waals surface area (Å²) in [7, 11) is 0. The first-order valence-electron chi connectivity index (χ1n) is 18.8. The molecule has 54 heavy (non-hydrogen) atoms. The van der Waals surface area contributed by atoms with Crippen molar-refractivity contribution in [1.29, 1.82) is 0 Å². The number of fused-ring (bicyclic) bond motifs is 6. The van der Waals surface area contributed by atoms with E-state index in [0.29, 0.717) is 0 Å². The molecule has 0 N–H and O–H groups in total. The van der Waals surface area contributed by atoms with E-state index in [4.69, 9.17) is 0 Å². The van der Waals surface area contributed by atoms with Crippen LogP contribution in [0.3, 0.4) is 0 Å². The second-order valence-corrected chi connectivity index (χ2v) is 15.6. The number of benzene rings is 8. The fraction of sp³-hybridized carbons (Fsp3) is 0.137. The van der Waals surface area contributed by atoms with E-state index < -0.39 is 5.41 Å². The molecule has 0 radical (unpaired) electrons. The molecule has 3 heteroatoms. The second-order valence-electron chi connectivity index (χ2n) is 15.6. The Morgan fingerprint density at radius 1 is 0.407 bits per heavy atom. The minimum Gasteiger partial charge on any atom is -0.310 e. The quantitative estimate of drug-likeness (QED) is 0.170. The number of aryl methyl sites for hydroxylation is 4. The molecule has 0 heterocycles. The Bertz CT molecular complexity index is 2620. The summed E-state index contributed by atoms with van der Waals surface area (Å²) in [6, 6.07) is 53.9. The molecule has 0 saturated heterocycles. The molecule has 0 aromatic heterocycles. The summed E-state index contributed by atoms with van der Waals surface area (Å²) in [4.78, 5) is 4.57. The Hall–Kier alpha value is -6.19. The number of halogens is 1. The lowest BCUT2D eigenvalue weighted by molar-refractivity contribution is 0.624. The predicted octanol–water partition coefficient (Wildman–Crippen LogP) is 14.6. The van der Waals surface area contributed by atoms with Crippen molar-refractivity contribution >= 4 is 55.7 Å². The summed E-state index contributed by atoms with van der Waals surface area (Å²) in [5.74, 6) is -0.181. The largest absolute Gasteiger partial charge is 0.310 e. The van der Waals surface area contributed by atoms with Crippen LogP contribution in [-0.2, 0) is 5.41 Å². The van der Waals surface area contributed by atoms with E-state index >= 15 is 4.39 Å². The molecule has 0 spiro atoms. The molecule has 0 unspecified atom stereocenters. The zero-order valence-corrected chi connectivity index (χ0v) is 31.7. The van der Waals surface area contributed by atoms with Gasteiger partial charge in [-0.05, 0) is 157 Å². The Balaban J connectivity index is 1.17. The monoisotopic (exact) mass is 702 g/mol. The van der Waals surface area contributed by atoms with Gasteiger partial charge in [0, 0.05) is 45.1 Å². The highest BCUT2D eigenvalue weighted by Gasteiger charge is 2.39. The summed E-state index contributed by atoms with van der Waals surface area (Å²) in [5, 5.41) is 4.21. The highest BCUT2D eigenvalue weighted by atomic mass is 19.1. The molecule has 0 amide bonds. The van der Waals surface area contributed by atoms with Gasteiger partial charge in [-0.3, -0.25) is 0 Å². The molecule has 0 atom stereocenters. The fourth-order valence-corrected chi connectivity index (χ4v) is 8.36. The van der Waals surface area contributed by atoms with Crippen LogP contribution in [0.5, 0.6) is 0 Å². The summed E-state index contributed by atoms with van der Waals surface area (Å²) in [5.41, 5.74) is 14.8. The van der Waals surface area contributed by atoms with E-state index in [2.05, 4.69) is 197 Å². The number of nitrogens with zero attached hydrogens (tertiary/aromatic N) is 2. The Kier molecular flexibility index (Phi) is 7.94. The molecule has 1 aliphatic rings. The normalized spacial score (nSPS) is 12.9. The molecule has 0 fully saturated rings. The van der Waals surface area contributed by atoms with Crippen molar-refractivity contribution < 1.29 is 4.39 Å². The maximum absolute atomic E-state index is 16.7.